The van der Waals surface area contributed by atoms with E-state index in [1.807, 2.05) is 0 Å². The van der Waals surface area contributed by atoms with Crippen LogP contribution in [0.15, 0.2) is 28.9 Å². The first-order valence-corrected chi connectivity index (χ1v) is 5.43. The molecule has 0 aliphatic rings. The Morgan fingerprint density at radius 2 is 2.29 bits per heavy atom. The lowest BCUT2D eigenvalue weighted by molar-refractivity contribution is 0.102. The minimum atomic E-state index is -0.550. The zero-order valence-electron chi connectivity index (χ0n) is 8.50. The van der Waals surface area contributed by atoms with Crippen molar-refractivity contribution in [2.75, 3.05) is 11.1 Å². The van der Waals surface area contributed by atoms with E-state index in [0.717, 1.165) is 0 Å². The maximum Gasteiger partial charge on any atom is 0.275 e. The van der Waals surface area contributed by atoms with E-state index >= 15 is 0 Å². The molecule has 0 atom stereocenters. The molecule has 4 N–H and O–H groups in total. The lowest BCUT2D eigenvalue weighted by Gasteiger charge is -2.07. The fraction of sp³-hybridized carbons (Fsp3) is 0. The molecule has 2 aromatic rings. The number of nitrogens with one attached hydrogen (secondary N) is 2. The maximum absolute atomic E-state index is 13.5. The number of hydrogen-bond donors (Lipinski definition) is 3. The van der Waals surface area contributed by atoms with E-state index in [9.17, 15) is 9.18 Å². The highest BCUT2D eigenvalue weighted by molar-refractivity contribution is 9.10. The van der Waals surface area contributed by atoms with Crippen molar-refractivity contribution in [2.24, 2.45) is 0 Å². The third kappa shape index (κ3) is 2.28. The SMILES string of the molecule is Nc1cn[nH]c1C(=O)Nc1c(F)cccc1Br. The van der Waals surface area contributed by atoms with Gasteiger partial charge < -0.3 is 11.1 Å². The summed E-state index contributed by atoms with van der Waals surface area (Å²) in [4.78, 5) is 11.8. The van der Waals surface area contributed by atoms with Gasteiger partial charge in [-0.15, -0.1) is 0 Å². The predicted octanol–water partition coefficient (Wildman–Crippen LogP) is 2.15. The number of amides is 1. The standard InChI is InChI=1S/C10H8BrFN4O/c11-5-2-1-3-6(12)8(5)15-10(17)9-7(13)4-14-16-9/h1-4H,13H2,(H,14,16)(H,15,17). The molecule has 0 bridgehead atoms. The van der Waals surface area contributed by atoms with Crippen LogP contribution in [0, 0.1) is 5.82 Å². The molecule has 17 heavy (non-hydrogen) atoms. The summed E-state index contributed by atoms with van der Waals surface area (Å²) in [5.74, 6) is -1.09. The van der Waals surface area contributed by atoms with E-state index in [0.29, 0.717) is 4.47 Å². The van der Waals surface area contributed by atoms with Gasteiger partial charge in [-0.05, 0) is 28.1 Å². The molecule has 88 valence electrons. The second-order valence-electron chi connectivity index (χ2n) is 3.25. The second-order valence-corrected chi connectivity index (χ2v) is 4.11. The van der Waals surface area contributed by atoms with Crippen LogP contribution in [0.2, 0.25) is 0 Å². The van der Waals surface area contributed by atoms with Crippen LogP contribution in [0.4, 0.5) is 15.8 Å². The summed E-state index contributed by atoms with van der Waals surface area (Å²) in [6.45, 7) is 0. The number of nitrogens with two attached hydrogens (primary N) is 1. The summed E-state index contributed by atoms with van der Waals surface area (Å²) in [6, 6.07) is 4.39. The first-order valence-electron chi connectivity index (χ1n) is 4.64. The van der Waals surface area contributed by atoms with Crippen LogP contribution in [0.5, 0.6) is 0 Å². The molecule has 0 aliphatic carbocycles. The summed E-state index contributed by atoms with van der Waals surface area (Å²) < 4.78 is 13.9. The van der Waals surface area contributed by atoms with Gasteiger partial charge in [0.1, 0.15) is 11.5 Å². The van der Waals surface area contributed by atoms with Gasteiger partial charge in [0.25, 0.3) is 5.91 Å². The van der Waals surface area contributed by atoms with Gasteiger partial charge in [0.05, 0.1) is 17.6 Å². The van der Waals surface area contributed by atoms with Gasteiger partial charge in [0.2, 0.25) is 0 Å². The van der Waals surface area contributed by atoms with E-state index in [-0.39, 0.29) is 17.1 Å². The summed E-state index contributed by atoms with van der Waals surface area (Å²) in [7, 11) is 0. The van der Waals surface area contributed by atoms with Gasteiger partial charge in [0.15, 0.2) is 0 Å². The lowest BCUT2D eigenvalue weighted by Crippen LogP contribution is -2.15. The minimum absolute atomic E-state index is 0.0616. The largest absolute Gasteiger partial charge is 0.396 e. The molecule has 0 unspecified atom stereocenters. The first-order chi connectivity index (χ1) is 8.09. The molecule has 0 spiro atoms. The molecular formula is C10H8BrFN4O. The minimum Gasteiger partial charge on any atom is -0.396 e. The molecular weight excluding hydrogens is 291 g/mol. The van der Waals surface area contributed by atoms with Crippen molar-refractivity contribution in [2.45, 2.75) is 0 Å². The zero-order valence-corrected chi connectivity index (χ0v) is 10.1. The average Bonchev–Trinajstić information content (AvgIpc) is 2.70. The van der Waals surface area contributed by atoms with Gasteiger partial charge in [0, 0.05) is 4.47 Å². The number of anilines is 2. The van der Waals surface area contributed by atoms with Crippen molar-refractivity contribution in [3.63, 3.8) is 0 Å². The molecule has 0 aliphatic heterocycles. The number of H-pyrrole nitrogens is 1. The van der Waals surface area contributed by atoms with Crippen molar-refractivity contribution >= 4 is 33.2 Å². The number of carbonyl (C=O) groups is 1. The Bertz CT molecular complexity index is 549. The summed E-state index contributed by atoms with van der Waals surface area (Å²) in [6.07, 6.45) is 1.31. The quantitative estimate of drug-likeness (QED) is 0.794. The Hall–Kier alpha value is -1.89. The Morgan fingerprint density at radius 3 is 2.88 bits per heavy atom. The third-order valence-electron chi connectivity index (χ3n) is 2.10. The number of carbonyl (C=O) groups excluding carboxylic acids is 1. The molecule has 7 heteroatoms. The summed E-state index contributed by atoms with van der Waals surface area (Å²) in [5.41, 5.74) is 5.87. The number of aromatic nitrogens is 2. The number of para-hydroxylation sites is 1. The number of aromatic amines is 1. The van der Waals surface area contributed by atoms with Gasteiger partial charge in [-0.25, -0.2) is 4.39 Å². The predicted molar refractivity (Wildman–Crippen MR) is 65.1 cm³/mol. The molecule has 0 radical (unpaired) electrons. The van der Waals surface area contributed by atoms with E-state index < -0.39 is 11.7 Å². The fourth-order valence-electron chi connectivity index (χ4n) is 1.27. The number of hydrogen-bond acceptors (Lipinski definition) is 3. The molecule has 1 aromatic heterocycles. The van der Waals surface area contributed by atoms with Crippen LogP contribution in [0.3, 0.4) is 0 Å². The third-order valence-corrected chi connectivity index (χ3v) is 2.76. The zero-order chi connectivity index (χ0) is 12.4. The van der Waals surface area contributed by atoms with Crippen molar-refractivity contribution in [3.8, 4) is 0 Å². The maximum atomic E-state index is 13.5. The second kappa shape index (κ2) is 4.54. The van der Waals surface area contributed by atoms with Crippen LogP contribution in [-0.4, -0.2) is 16.1 Å². The van der Waals surface area contributed by atoms with E-state index in [2.05, 4.69) is 31.4 Å². The lowest BCUT2D eigenvalue weighted by atomic mass is 10.3. The molecule has 2 rings (SSSR count). The summed E-state index contributed by atoms with van der Waals surface area (Å²) in [5, 5.41) is 8.46. The van der Waals surface area contributed by atoms with Gasteiger partial charge in [-0.2, -0.15) is 5.10 Å². The van der Waals surface area contributed by atoms with Gasteiger partial charge in [-0.3, -0.25) is 9.89 Å². The molecule has 5 nitrogen and oxygen atoms in total. The number of rotatable bonds is 2. The Balaban J connectivity index is 2.28. The summed E-state index contributed by atoms with van der Waals surface area (Å²) >= 11 is 3.15. The Kier molecular flexibility index (Phi) is 3.10. The topological polar surface area (TPSA) is 83.8 Å². The van der Waals surface area contributed by atoms with Crippen LogP contribution >= 0.6 is 15.9 Å². The van der Waals surface area contributed by atoms with Crippen LogP contribution in [-0.2, 0) is 0 Å². The number of nitrogens with zero attached hydrogens (tertiary/aromatic N) is 1. The first kappa shape index (κ1) is 11.6. The highest BCUT2D eigenvalue weighted by Gasteiger charge is 2.15. The Morgan fingerprint density at radius 1 is 1.53 bits per heavy atom. The average molecular weight is 299 g/mol. The van der Waals surface area contributed by atoms with Gasteiger partial charge in [-0.1, -0.05) is 6.07 Å². The van der Waals surface area contributed by atoms with Crippen molar-refractivity contribution < 1.29 is 9.18 Å². The highest BCUT2D eigenvalue weighted by Crippen LogP contribution is 2.25. The van der Waals surface area contributed by atoms with E-state index in [1.165, 1.54) is 18.3 Å². The van der Waals surface area contributed by atoms with Crippen LogP contribution < -0.4 is 11.1 Å². The van der Waals surface area contributed by atoms with Crippen molar-refractivity contribution in [1.29, 1.82) is 0 Å². The normalized spacial score (nSPS) is 10.2. The number of halogens is 2. The van der Waals surface area contributed by atoms with Crippen LogP contribution in [0.25, 0.3) is 0 Å². The van der Waals surface area contributed by atoms with Crippen molar-refractivity contribution in [3.05, 3.63) is 40.4 Å². The molecule has 0 saturated carbocycles. The molecule has 1 aromatic carbocycles. The van der Waals surface area contributed by atoms with E-state index in [1.54, 1.807) is 6.07 Å². The molecule has 1 amide bonds. The van der Waals surface area contributed by atoms with Crippen LogP contribution in [0.1, 0.15) is 10.5 Å². The smallest absolute Gasteiger partial charge is 0.275 e. The Labute approximate surface area is 104 Å². The monoisotopic (exact) mass is 298 g/mol. The fourth-order valence-corrected chi connectivity index (χ4v) is 1.71. The molecule has 1 heterocycles. The van der Waals surface area contributed by atoms with Gasteiger partial charge >= 0.3 is 0 Å². The van der Waals surface area contributed by atoms with Crippen molar-refractivity contribution in [1.82, 2.24) is 10.2 Å². The molecule has 0 saturated heterocycles. The van der Waals surface area contributed by atoms with E-state index in [4.69, 9.17) is 5.73 Å². The highest BCUT2D eigenvalue weighted by atomic mass is 79.9. The molecule has 0 fully saturated rings. The number of benzene rings is 1. The number of nitrogen functional groups attached to an aromatic ring is 1.